The van der Waals surface area contributed by atoms with Crippen molar-refractivity contribution in [3.63, 3.8) is 0 Å². The highest BCUT2D eigenvalue weighted by molar-refractivity contribution is 7.89. The van der Waals surface area contributed by atoms with Crippen molar-refractivity contribution in [3.8, 4) is 23.1 Å². The molecule has 1 aliphatic carbocycles. The monoisotopic (exact) mass is 570 g/mol. The summed E-state index contributed by atoms with van der Waals surface area (Å²) < 4.78 is 48.1. The van der Waals surface area contributed by atoms with E-state index >= 15 is 0 Å². The van der Waals surface area contributed by atoms with Gasteiger partial charge in [-0.05, 0) is 76.4 Å². The van der Waals surface area contributed by atoms with Crippen LogP contribution in [0.4, 0.5) is 5.69 Å². The number of rotatable bonds is 9. The molecule has 2 heterocycles. The number of benzene rings is 2. The van der Waals surface area contributed by atoms with Crippen LogP contribution in [0.5, 0.6) is 23.1 Å². The van der Waals surface area contributed by atoms with Crippen LogP contribution in [0.2, 0.25) is 0 Å². The number of amides is 1. The van der Waals surface area contributed by atoms with Crippen molar-refractivity contribution in [3.05, 3.63) is 53.2 Å². The summed E-state index contributed by atoms with van der Waals surface area (Å²) in [4.78, 5) is 23.9. The van der Waals surface area contributed by atoms with E-state index in [0.29, 0.717) is 22.7 Å². The SMILES string of the molecule is Cc1c(C(=O)O)nn(C(C)(C)C)c1Oc1ccc(NC(=O)C2CC2)cc1S(=O)(=O)NCc1ccc2c(c1)OCO2. The van der Waals surface area contributed by atoms with Crippen LogP contribution in [0, 0.1) is 12.8 Å². The first kappa shape index (κ1) is 27.5. The Bertz CT molecular complexity index is 1600. The Labute approximate surface area is 231 Å². The third-order valence-corrected chi connectivity index (χ3v) is 7.89. The molecule has 0 saturated heterocycles. The smallest absolute Gasteiger partial charge is 0.356 e. The maximum Gasteiger partial charge on any atom is 0.356 e. The summed E-state index contributed by atoms with van der Waals surface area (Å²) in [5.74, 6) is -0.378. The van der Waals surface area contributed by atoms with E-state index in [1.807, 2.05) is 20.8 Å². The molecule has 2 aromatic carbocycles. The summed E-state index contributed by atoms with van der Waals surface area (Å²) >= 11 is 0. The Morgan fingerprint density at radius 1 is 1.12 bits per heavy atom. The Kier molecular flexibility index (Phi) is 6.96. The second kappa shape index (κ2) is 10.1. The van der Waals surface area contributed by atoms with E-state index in [2.05, 4.69) is 15.1 Å². The number of carbonyl (C=O) groups is 2. The van der Waals surface area contributed by atoms with Crippen LogP contribution in [-0.4, -0.2) is 42.0 Å². The predicted molar refractivity (Wildman–Crippen MR) is 143 cm³/mol. The zero-order chi connectivity index (χ0) is 28.8. The Morgan fingerprint density at radius 2 is 1.85 bits per heavy atom. The molecule has 12 nitrogen and oxygen atoms in total. The largest absolute Gasteiger partial charge is 0.476 e. The molecule has 0 unspecified atom stereocenters. The van der Waals surface area contributed by atoms with E-state index in [4.69, 9.17) is 14.2 Å². The van der Waals surface area contributed by atoms with E-state index in [-0.39, 0.29) is 52.9 Å². The van der Waals surface area contributed by atoms with E-state index in [9.17, 15) is 23.1 Å². The summed E-state index contributed by atoms with van der Waals surface area (Å²) in [6, 6.07) is 9.40. The zero-order valence-corrected chi connectivity index (χ0v) is 23.3. The quantitative estimate of drug-likeness (QED) is 0.346. The highest BCUT2D eigenvalue weighted by Crippen LogP contribution is 2.37. The van der Waals surface area contributed by atoms with E-state index in [1.54, 1.807) is 25.1 Å². The van der Waals surface area contributed by atoms with Crippen molar-refractivity contribution >= 4 is 27.6 Å². The number of carbonyl (C=O) groups excluding carboxylic acids is 1. The molecule has 40 heavy (non-hydrogen) atoms. The normalized spacial score (nSPS) is 14.7. The fourth-order valence-corrected chi connectivity index (χ4v) is 5.31. The minimum absolute atomic E-state index is 0.0564. The first-order valence-corrected chi connectivity index (χ1v) is 14.2. The molecule has 2 aliphatic rings. The maximum absolute atomic E-state index is 13.6. The van der Waals surface area contributed by atoms with E-state index in [0.717, 1.165) is 12.8 Å². The van der Waals surface area contributed by atoms with Gasteiger partial charge in [-0.2, -0.15) is 5.10 Å². The molecule has 3 N–H and O–H groups in total. The lowest BCUT2D eigenvalue weighted by Gasteiger charge is -2.23. The van der Waals surface area contributed by atoms with Gasteiger partial charge in [-0.3, -0.25) is 4.79 Å². The molecule has 1 fully saturated rings. The van der Waals surface area contributed by atoms with E-state index in [1.165, 1.54) is 22.9 Å². The van der Waals surface area contributed by atoms with Crippen molar-refractivity contribution in [1.82, 2.24) is 14.5 Å². The van der Waals surface area contributed by atoms with Gasteiger partial charge in [0.05, 0.1) is 5.54 Å². The van der Waals surface area contributed by atoms with Gasteiger partial charge in [0.1, 0.15) is 10.6 Å². The van der Waals surface area contributed by atoms with Crippen LogP contribution in [-0.2, 0) is 26.9 Å². The van der Waals surface area contributed by atoms with Gasteiger partial charge in [-0.25, -0.2) is 22.6 Å². The second-order valence-electron chi connectivity index (χ2n) is 10.7. The fourth-order valence-electron chi connectivity index (χ4n) is 4.14. The highest BCUT2D eigenvalue weighted by Gasteiger charge is 2.32. The molecule has 0 atom stereocenters. The number of anilines is 1. The summed E-state index contributed by atoms with van der Waals surface area (Å²) in [5.41, 5.74) is 0.290. The summed E-state index contributed by atoms with van der Waals surface area (Å²) in [6.45, 7) is 7.04. The molecule has 1 aromatic heterocycles. The average molecular weight is 571 g/mol. The molecule has 13 heteroatoms. The minimum atomic E-state index is -4.20. The van der Waals surface area contributed by atoms with Gasteiger partial charge in [0.15, 0.2) is 17.2 Å². The average Bonchev–Trinajstić information content (AvgIpc) is 3.54. The zero-order valence-electron chi connectivity index (χ0n) is 22.5. The van der Waals surface area contributed by atoms with Gasteiger partial charge >= 0.3 is 5.97 Å². The number of carboxylic acids is 1. The number of carboxylic acid groups (broad SMARTS) is 1. The molecule has 0 bridgehead atoms. The van der Waals surface area contributed by atoms with Gasteiger partial charge in [0.25, 0.3) is 0 Å². The molecule has 1 amide bonds. The number of aromatic nitrogens is 2. The molecular weight excluding hydrogens is 540 g/mol. The number of hydrogen-bond acceptors (Lipinski definition) is 8. The van der Waals surface area contributed by atoms with Crippen molar-refractivity contribution in [2.75, 3.05) is 12.1 Å². The molecule has 212 valence electrons. The van der Waals surface area contributed by atoms with Crippen molar-refractivity contribution in [1.29, 1.82) is 0 Å². The second-order valence-corrected chi connectivity index (χ2v) is 12.4. The van der Waals surface area contributed by atoms with Gasteiger partial charge in [0, 0.05) is 23.7 Å². The van der Waals surface area contributed by atoms with Crippen LogP contribution < -0.4 is 24.2 Å². The number of nitrogens with one attached hydrogen (secondary N) is 2. The molecule has 1 aliphatic heterocycles. The molecular formula is C27H30N4O8S. The fraction of sp³-hybridized carbons (Fsp3) is 0.370. The Hall–Kier alpha value is -4.10. The molecule has 3 aromatic rings. The van der Waals surface area contributed by atoms with Crippen LogP contribution >= 0.6 is 0 Å². The minimum Gasteiger partial charge on any atom is -0.476 e. The highest BCUT2D eigenvalue weighted by atomic mass is 32.2. The van der Waals surface area contributed by atoms with Gasteiger partial charge in [0.2, 0.25) is 28.6 Å². The van der Waals surface area contributed by atoms with Gasteiger partial charge in [-0.1, -0.05) is 6.07 Å². The van der Waals surface area contributed by atoms with E-state index < -0.39 is 21.5 Å². The summed E-state index contributed by atoms with van der Waals surface area (Å²) in [7, 11) is -4.20. The van der Waals surface area contributed by atoms with Crippen LogP contribution in [0.15, 0.2) is 41.3 Å². The van der Waals surface area contributed by atoms with Crippen molar-refractivity contribution < 1.29 is 37.3 Å². The Balaban J connectivity index is 1.51. The standard InChI is InChI=1S/C27H30N4O8S/c1-15-23(26(33)34)30-31(27(2,3)4)25(15)39-20-10-8-18(29-24(32)17-6-7-17)12-22(20)40(35,36)28-13-16-5-9-19-21(11-16)38-14-37-19/h5,8-12,17,28H,6-7,13-14H2,1-4H3,(H,29,32)(H,33,34). The third kappa shape index (κ3) is 5.61. The topological polar surface area (TPSA) is 158 Å². The molecule has 0 spiro atoms. The maximum atomic E-state index is 13.6. The molecule has 0 radical (unpaired) electrons. The Morgan fingerprint density at radius 3 is 2.52 bits per heavy atom. The summed E-state index contributed by atoms with van der Waals surface area (Å²) in [6.07, 6.45) is 1.58. The van der Waals surface area contributed by atoms with Crippen LogP contribution in [0.1, 0.15) is 55.2 Å². The van der Waals surface area contributed by atoms with Gasteiger partial charge in [-0.15, -0.1) is 0 Å². The van der Waals surface area contributed by atoms with Crippen LogP contribution in [0.3, 0.4) is 0 Å². The predicted octanol–water partition coefficient (Wildman–Crippen LogP) is 3.99. The van der Waals surface area contributed by atoms with Crippen LogP contribution in [0.25, 0.3) is 0 Å². The number of sulfonamides is 1. The van der Waals surface area contributed by atoms with Crippen molar-refractivity contribution in [2.24, 2.45) is 5.92 Å². The third-order valence-electron chi connectivity index (χ3n) is 6.47. The first-order chi connectivity index (χ1) is 18.8. The lowest BCUT2D eigenvalue weighted by atomic mass is 10.1. The first-order valence-electron chi connectivity index (χ1n) is 12.7. The molecule has 1 saturated carbocycles. The number of nitrogens with zero attached hydrogens (tertiary/aromatic N) is 2. The number of fused-ring (bicyclic) bond motifs is 1. The lowest BCUT2D eigenvalue weighted by molar-refractivity contribution is -0.117. The number of hydrogen-bond donors (Lipinski definition) is 3. The summed E-state index contributed by atoms with van der Waals surface area (Å²) in [5, 5.41) is 16.6. The lowest BCUT2D eigenvalue weighted by Crippen LogP contribution is -2.25. The number of aromatic carboxylic acids is 1. The van der Waals surface area contributed by atoms with Gasteiger partial charge < -0.3 is 24.6 Å². The molecule has 5 rings (SSSR count). The van der Waals surface area contributed by atoms with Crippen molar-refractivity contribution in [2.45, 2.75) is 57.5 Å². The number of ether oxygens (including phenoxy) is 3.